The summed E-state index contributed by atoms with van der Waals surface area (Å²) in [7, 11) is 3.92. The third-order valence-electron chi connectivity index (χ3n) is 4.54. The molecule has 0 aromatic carbocycles. The summed E-state index contributed by atoms with van der Waals surface area (Å²) in [5.74, 6) is 0. The Hall–Kier alpha value is 0.411. The molecule has 140 valence electrons. The molecule has 0 aromatic rings. The molecule has 0 saturated heterocycles. The summed E-state index contributed by atoms with van der Waals surface area (Å²) >= 11 is 0. The first-order valence-corrected chi connectivity index (χ1v) is 15.4. The molecule has 0 atom stereocenters. The van der Waals surface area contributed by atoms with Crippen molar-refractivity contribution in [3.63, 3.8) is 0 Å². The summed E-state index contributed by atoms with van der Waals surface area (Å²) in [5, 5.41) is 0. The molecule has 0 fully saturated rings. The second kappa shape index (κ2) is 11.1. The first-order chi connectivity index (χ1) is 10.8. The van der Waals surface area contributed by atoms with Crippen LogP contribution in [0.3, 0.4) is 0 Å². The van der Waals surface area contributed by atoms with Gasteiger partial charge in [-0.25, -0.2) is 0 Å². The minimum absolute atomic E-state index is 0.875. The van der Waals surface area contributed by atoms with Crippen LogP contribution in [-0.2, 0) is 26.6 Å². The van der Waals surface area contributed by atoms with E-state index in [9.17, 15) is 0 Å². The Labute approximate surface area is 145 Å². The van der Waals surface area contributed by atoms with Gasteiger partial charge in [0.15, 0.2) is 0 Å². The van der Waals surface area contributed by atoms with E-state index in [4.69, 9.17) is 26.6 Å². The summed E-state index contributed by atoms with van der Waals surface area (Å²) in [6.07, 6.45) is 2.17. The first kappa shape index (κ1) is 23.4. The van der Waals surface area contributed by atoms with Crippen LogP contribution in [0.4, 0.5) is 0 Å². The van der Waals surface area contributed by atoms with Gasteiger partial charge in [0, 0.05) is 62.8 Å². The Morgan fingerprint density at radius 3 is 0.957 bits per heavy atom. The molecule has 0 rings (SSSR count). The highest BCUT2D eigenvalue weighted by molar-refractivity contribution is 6.77. The van der Waals surface area contributed by atoms with Gasteiger partial charge in [0.2, 0.25) is 0 Å². The summed E-state index contributed by atoms with van der Waals surface area (Å²) in [6, 6.07) is 4.22. The Kier molecular flexibility index (Phi) is 11.3. The molecule has 0 aliphatic heterocycles. The summed E-state index contributed by atoms with van der Waals surface area (Å²) in [6.45, 7) is 4.86. The zero-order chi connectivity index (χ0) is 18.0. The highest BCUT2D eigenvalue weighted by Crippen LogP contribution is 2.27. The van der Waals surface area contributed by atoms with Crippen molar-refractivity contribution in [2.24, 2.45) is 0 Å². The fourth-order valence-corrected chi connectivity index (χ4v) is 9.47. The topological polar surface area (TPSA) is 55.4 Å². The molecule has 0 amide bonds. The van der Waals surface area contributed by atoms with Crippen molar-refractivity contribution in [1.82, 2.24) is 0 Å². The van der Waals surface area contributed by atoms with Crippen molar-refractivity contribution in [3.8, 4) is 0 Å². The van der Waals surface area contributed by atoms with Gasteiger partial charge in [-0.15, -0.1) is 0 Å². The van der Waals surface area contributed by atoms with E-state index in [1.807, 2.05) is 0 Å². The Morgan fingerprint density at radius 1 is 0.478 bits per heavy atom. The molecule has 9 heteroatoms. The van der Waals surface area contributed by atoms with Crippen molar-refractivity contribution in [2.45, 2.75) is 50.1 Å². The van der Waals surface area contributed by atoms with Gasteiger partial charge in [-0.1, -0.05) is 38.0 Å². The molecule has 0 saturated carbocycles. The minimum atomic E-state index is -2.43. The second-order valence-corrected chi connectivity index (χ2v) is 18.0. The lowest BCUT2D eigenvalue weighted by atomic mass is 10.6. The third kappa shape index (κ3) is 7.88. The van der Waals surface area contributed by atoms with E-state index in [1.54, 1.807) is 42.7 Å². The maximum Gasteiger partial charge on any atom is 0.500 e. The maximum absolute atomic E-state index is 5.49. The molecular formula is C14H36O6Si3. The minimum Gasteiger partial charge on any atom is -0.377 e. The monoisotopic (exact) mass is 384 g/mol. The maximum atomic E-state index is 5.49. The molecule has 0 aromatic heterocycles. The average molecular weight is 385 g/mol. The molecule has 6 nitrogen and oxygen atoms in total. The van der Waals surface area contributed by atoms with Crippen molar-refractivity contribution in [1.29, 1.82) is 0 Å². The zero-order valence-corrected chi connectivity index (χ0v) is 19.2. The first-order valence-electron chi connectivity index (χ1n) is 8.09. The van der Waals surface area contributed by atoms with Gasteiger partial charge in [0.1, 0.15) is 0 Å². The predicted molar refractivity (Wildman–Crippen MR) is 99.5 cm³/mol. The van der Waals surface area contributed by atoms with Crippen LogP contribution in [0.1, 0.15) is 12.8 Å². The van der Waals surface area contributed by atoms with Crippen LogP contribution in [0.5, 0.6) is 0 Å². The van der Waals surface area contributed by atoms with Crippen molar-refractivity contribution < 1.29 is 26.6 Å². The van der Waals surface area contributed by atoms with E-state index >= 15 is 0 Å². The van der Waals surface area contributed by atoms with Gasteiger partial charge in [-0.3, -0.25) is 0 Å². The zero-order valence-electron chi connectivity index (χ0n) is 16.2. The molecule has 0 bridgehead atoms. The molecule has 0 N–H and O–H groups in total. The fraction of sp³-hybridized carbons (Fsp3) is 1.00. The van der Waals surface area contributed by atoms with E-state index < -0.39 is 25.7 Å². The van der Waals surface area contributed by atoms with E-state index in [0.717, 1.165) is 24.9 Å². The summed E-state index contributed by atoms with van der Waals surface area (Å²) in [5.41, 5.74) is 0. The van der Waals surface area contributed by atoms with E-state index in [1.165, 1.54) is 12.1 Å². The van der Waals surface area contributed by atoms with Gasteiger partial charge in [-0.2, -0.15) is 0 Å². The quantitative estimate of drug-likeness (QED) is 0.429. The molecule has 23 heavy (non-hydrogen) atoms. The predicted octanol–water partition coefficient (Wildman–Crippen LogP) is 3.23. The average Bonchev–Trinajstić information content (AvgIpc) is 2.56. The Morgan fingerprint density at radius 2 is 0.739 bits per heavy atom. The molecule has 0 unspecified atom stereocenters. The normalized spacial score (nSPS) is 13.6. The number of rotatable bonds is 14. The Balaban J connectivity index is 4.29. The molecule has 0 radical (unpaired) electrons. The van der Waals surface area contributed by atoms with Crippen molar-refractivity contribution in [2.75, 3.05) is 42.7 Å². The molecule has 0 spiro atoms. The highest BCUT2D eigenvalue weighted by Gasteiger charge is 2.39. The van der Waals surface area contributed by atoms with Gasteiger partial charge in [0.05, 0.1) is 0 Å². The van der Waals surface area contributed by atoms with Gasteiger partial charge < -0.3 is 26.6 Å². The van der Waals surface area contributed by atoms with Crippen LogP contribution < -0.4 is 0 Å². The van der Waals surface area contributed by atoms with Crippen LogP contribution in [0.15, 0.2) is 0 Å². The van der Waals surface area contributed by atoms with Gasteiger partial charge >= 0.3 is 17.6 Å². The van der Waals surface area contributed by atoms with Crippen LogP contribution in [0.2, 0.25) is 37.3 Å². The Bertz CT molecular complexity index is 264. The van der Waals surface area contributed by atoms with E-state index in [-0.39, 0.29) is 0 Å². The standard InChI is InChI=1S/C14H36O6Si3/c1-15-22(16-2,17-3)13-9-11-21(7,8)12-10-14-23(18-4,19-5)20-6/h9-14H2,1-8H3. The second-order valence-electron chi connectivity index (χ2n) is 6.46. The number of hydrogen-bond donors (Lipinski definition) is 0. The smallest absolute Gasteiger partial charge is 0.377 e. The van der Waals surface area contributed by atoms with Crippen LogP contribution in [0.25, 0.3) is 0 Å². The number of hydrogen-bond acceptors (Lipinski definition) is 6. The van der Waals surface area contributed by atoms with Gasteiger partial charge in [-0.05, 0) is 0 Å². The lowest BCUT2D eigenvalue weighted by Crippen LogP contribution is -2.43. The molecule has 0 aliphatic carbocycles. The summed E-state index contributed by atoms with van der Waals surface area (Å²) in [4.78, 5) is 0. The van der Waals surface area contributed by atoms with Crippen LogP contribution in [-0.4, -0.2) is 68.3 Å². The molecular weight excluding hydrogens is 348 g/mol. The largest absolute Gasteiger partial charge is 0.500 e. The van der Waals surface area contributed by atoms with E-state index in [0.29, 0.717) is 0 Å². The van der Waals surface area contributed by atoms with E-state index in [2.05, 4.69) is 13.1 Å². The van der Waals surface area contributed by atoms with Crippen LogP contribution in [0, 0.1) is 0 Å². The molecule has 0 heterocycles. The highest BCUT2D eigenvalue weighted by atomic mass is 28.4. The fourth-order valence-electron chi connectivity index (χ4n) is 2.80. The van der Waals surface area contributed by atoms with Gasteiger partial charge in [0.25, 0.3) is 0 Å². The van der Waals surface area contributed by atoms with Crippen molar-refractivity contribution in [3.05, 3.63) is 0 Å². The lowest BCUT2D eigenvalue weighted by Gasteiger charge is -2.28. The summed E-state index contributed by atoms with van der Waals surface area (Å²) < 4.78 is 32.9. The lowest BCUT2D eigenvalue weighted by molar-refractivity contribution is 0.123. The van der Waals surface area contributed by atoms with Crippen molar-refractivity contribution >= 4 is 25.7 Å². The molecule has 0 aliphatic rings. The third-order valence-corrected chi connectivity index (χ3v) is 13.6. The van der Waals surface area contributed by atoms with Crippen LogP contribution >= 0.6 is 0 Å². The SMILES string of the molecule is CO[Si](CCC[Si](C)(C)CCC[Si](OC)(OC)OC)(OC)OC.